The molecule has 88 heavy (non-hydrogen) atoms. The van der Waals surface area contributed by atoms with Gasteiger partial charge in [0.1, 0.15) is 82.9 Å². The molecular weight excluding hydrogens is 1270 g/mol. The lowest BCUT2D eigenvalue weighted by Crippen LogP contribution is -3.04. The van der Waals surface area contributed by atoms with Crippen LogP contribution in [0.2, 0.25) is 0 Å². The second kappa shape index (κ2) is 28.3. The van der Waals surface area contributed by atoms with Gasteiger partial charge in [0, 0.05) is 11.1 Å². The molecule has 0 radical (unpaired) electrons. The molecule has 0 heterocycles. The first-order valence-electron chi connectivity index (χ1n) is 24.0. The van der Waals surface area contributed by atoms with Crippen LogP contribution in [0.1, 0.15) is 11.1 Å². The van der Waals surface area contributed by atoms with Crippen LogP contribution in [0.3, 0.4) is 0 Å². The summed E-state index contributed by atoms with van der Waals surface area (Å²) < 4.78 is 418. The number of halogens is 30. The topological polar surface area (TPSA) is 8.88 Å². The molecule has 0 saturated heterocycles. The SMILES string of the molecule is C[NH+](C)Cc1ccccc1.C[NH+](C)Cc1ccccc1.Fc1c(F)c(F)c([BH-](c2c(F)c(F)c(F)c(F)c2F)c2c(F)c(F)c(F)c(F)c2F)c(F)c1F.Fc1c(F)c(F)c([BH-](c2c(F)c(F)c(F)c(F)c2F)c2c(F)c(F)c(F)c(F)c2F)c(F)c1F. The van der Waals surface area contributed by atoms with Gasteiger partial charge in [-0.1, -0.05) is 60.7 Å². The number of nitrogens with one attached hydrogen (secondary N) is 2. The second-order valence-electron chi connectivity index (χ2n) is 19.1. The Balaban J connectivity index is 0.000000244. The molecular formula is C54H30B2F30N2. The minimum absolute atomic E-state index is 1.11. The van der Waals surface area contributed by atoms with Crippen molar-refractivity contribution in [3.05, 3.63) is 246 Å². The summed E-state index contributed by atoms with van der Waals surface area (Å²) in [4.78, 5) is 2.93. The summed E-state index contributed by atoms with van der Waals surface area (Å²) >= 11 is 0. The molecule has 0 aliphatic rings. The average molecular weight is 1300 g/mol. The molecule has 8 rings (SSSR count). The summed E-state index contributed by atoms with van der Waals surface area (Å²) in [5.41, 5.74) is -12.8. The lowest BCUT2D eigenvalue weighted by molar-refractivity contribution is -0.872. The van der Waals surface area contributed by atoms with E-state index in [4.69, 9.17) is 0 Å². The van der Waals surface area contributed by atoms with Gasteiger partial charge in [0.2, 0.25) is 0 Å². The lowest BCUT2D eigenvalue weighted by atomic mass is 9.36. The molecule has 472 valence electrons. The fraction of sp³-hybridized carbons (Fsp3) is 0.111. The normalized spacial score (nSPS) is 11.3. The van der Waals surface area contributed by atoms with Gasteiger partial charge in [0.15, 0.2) is 105 Å². The van der Waals surface area contributed by atoms with Crippen molar-refractivity contribution < 1.29 is 142 Å². The van der Waals surface area contributed by atoms with E-state index in [0.717, 1.165) is 13.1 Å². The minimum Gasteiger partial charge on any atom is -0.336 e. The molecule has 0 unspecified atom stereocenters. The van der Waals surface area contributed by atoms with Gasteiger partial charge in [0.05, 0.1) is 41.6 Å². The summed E-state index contributed by atoms with van der Waals surface area (Å²) in [6.07, 6.45) is 0. The highest BCUT2D eigenvalue weighted by Crippen LogP contribution is 2.27. The predicted octanol–water partition coefficient (Wildman–Crippen LogP) is 8.71. The predicted molar refractivity (Wildman–Crippen MR) is 255 cm³/mol. The first kappa shape index (κ1) is 70.5. The van der Waals surface area contributed by atoms with Gasteiger partial charge >= 0.3 is 0 Å². The van der Waals surface area contributed by atoms with Crippen molar-refractivity contribution in [2.75, 3.05) is 28.2 Å². The van der Waals surface area contributed by atoms with Crippen LogP contribution in [0, 0.1) is 175 Å². The average Bonchev–Trinajstić information content (AvgIpc) is 3.45. The first-order valence-corrected chi connectivity index (χ1v) is 24.0. The number of quaternary nitrogens is 2. The maximum Gasteiger partial charge on any atom is 0.200 e. The molecule has 0 spiro atoms. The molecule has 0 fully saturated rings. The molecule has 0 bridgehead atoms. The minimum atomic E-state index is -5.16. The molecule has 8 aromatic carbocycles. The standard InChI is InChI=1S/2C18HBF15.2C9H13N/c2*20-4-1(5(21)11(27)16(32)10(4)26)19(2-6(22)12(28)17(33)13(29)7(2)23)3-8(24)14(30)18(34)15(31)9(3)25;2*1-10(2)8-9-6-4-3-5-7-9/h2*19H;2*3-7H,8H2,1-2H3/q2*-1;;/p+2. The summed E-state index contributed by atoms with van der Waals surface area (Å²) in [5, 5.41) is 0. The van der Waals surface area contributed by atoms with Gasteiger partial charge in [-0.3, -0.25) is 0 Å². The van der Waals surface area contributed by atoms with Crippen LogP contribution in [0.4, 0.5) is 132 Å². The van der Waals surface area contributed by atoms with E-state index >= 15 is 0 Å². The van der Waals surface area contributed by atoms with E-state index in [1.54, 1.807) is 0 Å². The third-order valence-electron chi connectivity index (χ3n) is 12.7. The highest BCUT2D eigenvalue weighted by Gasteiger charge is 2.40. The summed E-state index contributed by atoms with van der Waals surface area (Å²) in [6, 6.07) is 21.1. The molecule has 2 N–H and O–H groups in total. The van der Waals surface area contributed by atoms with Crippen LogP contribution >= 0.6 is 0 Å². The Hall–Kier alpha value is -8.29. The zero-order valence-corrected chi connectivity index (χ0v) is 43.9. The Morgan fingerprint density at radius 2 is 0.307 bits per heavy atom. The summed E-state index contributed by atoms with van der Waals surface area (Å²) in [5.74, 6) is -89.7. The monoisotopic (exact) mass is 1300 g/mol. The Morgan fingerprint density at radius 1 is 0.193 bits per heavy atom. The highest BCUT2D eigenvalue weighted by molar-refractivity contribution is 6.96. The molecule has 34 heteroatoms. The largest absolute Gasteiger partial charge is 0.336 e. The van der Waals surface area contributed by atoms with Gasteiger partial charge in [-0.15, -0.1) is 32.8 Å². The number of benzene rings is 8. The molecule has 0 amide bonds. The van der Waals surface area contributed by atoms with Crippen LogP contribution in [0.25, 0.3) is 0 Å². The van der Waals surface area contributed by atoms with Crippen molar-refractivity contribution in [2.24, 2.45) is 0 Å². The third kappa shape index (κ3) is 13.5. The van der Waals surface area contributed by atoms with Crippen LogP contribution in [0.15, 0.2) is 60.7 Å². The van der Waals surface area contributed by atoms with Crippen molar-refractivity contribution >= 4 is 46.2 Å². The number of hydrogen-bond acceptors (Lipinski definition) is 0. The van der Waals surface area contributed by atoms with Crippen LogP contribution in [-0.4, -0.2) is 41.6 Å². The molecule has 2 nitrogen and oxygen atoms in total. The van der Waals surface area contributed by atoms with E-state index in [0.29, 0.717) is 0 Å². The molecule has 0 aliphatic heterocycles. The molecule has 0 atom stereocenters. The zero-order valence-electron chi connectivity index (χ0n) is 43.9. The second-order valence-corrected chi connectivity index (χ2v) is 19.1. The van der Waals surface area contributed by atoms with Crippen molar-refractivity contribution in [2.45, 2.75) is 13.1 Å². The number of rotatable bonds is 10. The summed E-state index contributed by atoms with van der Waals surface area (Å²) in [7, 11) is 8.64. The van der Waals surface area contributed by atoms with Crippen molar-refractivity contribution in [3.63, 3.8) is 0 Å². The first-order chi connectivity index (χ1) is 40.9. The molecule has 0 saturated carbocycles. The van der Waals surface area contributed by atoms with Crippen LogP contribution in [-0.2, 0) is 13.1 Å². The van der Waals surface area contributed by atoms with Gasteiger partial charge in [0.25, 0.3) is 0 Å². The van der Waals surface area contributed by atoms with Gasteiger partial charge in [-0.05, 0) is 0 Å². The van der Waals surface area contributed by atoms with Crippen molar-refractivity contribution in [1.82, 2.24) is 0 Å². The summed E-state index contributed by atoms with van der Waals surface area (Å²) in [6.45, 7) is -8.10. The zero-order chi connectivity index (χ0) is 66.7. The Bertz CT molecular complexity index is 3200. The van der Waals surface area contributed by atoms with Crippen LogP contribution in [0.5, 0.6) is 0 Å². The van der Waals surface area contributed by atoms with Crippen LogP contribution < -0.4 is 42.6 Å². The number of hydrogen-bond donors (Lipinski definition) is 2. The van der Waals surface area contributed by atoms with E-state index in [-0.39, 0.29) is 0 Å². The highest BCUT2D eigenvalue weighted by atomic mass is 19.2. The molecule has 0 aliphatic carbocycles. The lowest BCUT2D eigenvalue weighted by Gasteiger charge is -2.30. The van der Waals surface area contributed by atoms with Gasteiger partial charge in [-0.25, -0.2) is 132 Å². The Kier molecular flexibility index (Phi) is 22.6. The maximum absolute atomic E-state index is 14.4. The van der Waals surface area contributed by atoms with E-state index in [9.17, 15) is 132 Å². The van der Waals surface area contributed by atoms with E-state index in [2.05, 4.69) is 88.9 Å². The fourth-order valence-electron chi connectivity index (χ4n) is 8.83. The smallest absolute Gasteiger partial charge is 0.200 e. The van der Waals surface area contributed by atoms with E-state index in [1.807, 2.05) is 0 Å². The maximum atomic E-state index is 14.4. The van der Waals surface area contributed by atoms with Crippen molar-refractivity contribution in [1.29, 1.82) is 0 Å². The Labute approximate surface area is 474 Å². The molecule has 0 aromatic heterocycles. The van der Waals surface area contributed by atoms with Gasteiger partial charge < -0.3 is 9.80 Å². The van der Waals surface area contributed by atoms with E-state index < -0.39 is 221 Å². The molecule has 8 aromatic rings. The van der Waals surface area contributed by atoms with E-state index in [1.165, 1.54) is 20.9 Å². The Morgan fingerprint density at radius 3 is 0.420 bits per heavy atom. The quantitative estimate of drug-likeness (QED) is 0.0588. The third-order valence-corrected chi connectivity index (χ3v) is 12.7. The van der Waals surface area contributed by atoms with Gasteiger partial charge in [-0.2, -0.15) is 0 Å². The van der Waals surface area contributed by atoms with Crippen molar-refractivity contribution in [3.8, 4) is 0 Å². The fourth-order valence-corrected chi connectivity index (χ4v) is 8.83.